The van der Waals surface area contributed by atoms with E-state index in [1.807, 2.05) is 0 Å². The Labute approximate surface area is 129 Å². The fourth-order valence-corrected chi connectivity index (χ4v) is 2.38. The van der Waals surface area contributed by atoms with Crippen LogP contribution in [0.15, 0.2) is 0 Å². The first-order chi connectivity index (χ1) is 8.31. The summed E-state index contributed by atoms with van der Waals surface area (Å²) >= 11 is 4.08. The molecule has 0 fully saturated rings. The van der Waals surface area contributed by atoms with Crippen molar-refractivity contribution in [2.75, 3.05) is 4.43 Å². The van der Waals surface area contributed by atoms with Gasteiger partial charge in [0.05, 0.1) is 0 Å². The van der Waals surface area contributed by atoms with Gasteiger partial charge in [0.2, 0.25) is 0 Å². The first-order valence-electron chi connectivity index (χ1n) is 6.32. The molecule has 0 unspecified atom stereocenters. The van der Waals surface area contributed by atoms with Gasteiger partial charge in [0.25, 0.3) is 0 Å². The highest BCUT2D eigenvalue weighted by molar-refractivity contribution is 14.1. The first kappa shape index (κ1) is 18.9. The average Bonchev–Trinajstić information content (AvgIpc) is 2.25. The van der Waals surface area contributed by atoms with Gasteiger partial charge < -0.3 is 0 Å². The molecule has 18 heavy (non-hydrogen) atoms. The van der Waals surface area contributed by atoms with Crippen molar-refractivity contribution in [2.45, 2.75) is 68.5 Å². The summed E-state index contributed by atoms with van der Waals surface area (Å²) in [4.78, 5) is -4.08. The number of hydrogen-bond donors (Lipinski definition) is 0. The van der Waals surface area contributed by atoms with Crippen LogP contribution in [0.2, 0.25) is 0 Å². The van der Waals surface area contributed by atoms with Crippen LogP contribution in [0.4, 0.5) is 17.6 Å². The Morgan fingerprint density at radius 2 is 1.11 bits per heavy atom. The van der Waals surface area contributed by atoms with Crippen LogP contribution in [0, 0.1) is 0 Å². The SMILES string of the molecule is FC(F)(Br)C(F)(F)CCCCCCCCCCI. The second kappa shape index (κ2) is 9.77. The van der Waals surface area contributed by atoms with Gasteiger partial charge in [-0.15, -0.1) is 0 Å². The molecule has 6 heteroatoms. The van der Waals surface area contributed by atoms with E-state index in [2.05, 4.69) is 22.6 Å². The van der Waals surface area contributed by atoms with E-state index in [1.165, 1.54) is 23.7 Å². The lowest BCUT2D eigenvalue weighted by molar-refractivity contribution is -0.151. The number of alkyl halides is 6. The van der Waals surface area contributed by atoms with Crippen molar-refractivity contribution in [3.63, 3.8) is 0 Å². The number of unbranched alkanes of at least 4 members (excludes halogenated alkanes) is 7. The minimum atomic E-state index is -4.08. The van der Waals surface area contributed by atoms with E-state index in [0.717, 1.165) is 19.3 Å². The van der Waals surface area contributed by atoms with Gasteiger partial charge in [0, 0.05) is 6.42 Å². The number of rotatable bonds is 11. The molecule has 0 radical (unpaired) electrons. The average molecular weight is 447 g/mol. The second-order valence-corrected chi connectivity index (χ2v) is 6.54. The molecule has 0 bridgehead atoms. The quantitative estimate of drug-likeness (QED) is 0.146. The smallest absolute Gasteiger partial charge is 0.199 e. The molecule has 0 nitrogen and oxygen atoms in total. The van der Waals surface area contributed by atoms with Crippen LogP contribution in [-0.4, -0.2) is 15.2 Å². The van der Waals surface area contributed by atoms with Crippen LogP contribution in [0.3, 0.4) is 0 Å². The van der Waals surface area contributed by atoms with Crippen molar-refractivity contribution < 1.29 is 17.6 Å². The zero-order chi connectivity index (χ0) is 14.1. The Bertz CT molecular complexity index is 207. The van der Waals surface area contributed by atoms with Gasteiger partial charge >= 0.3 is 10.8 Å². The molecule has 0 heterocycles. The van der Waals surface area contributed by atoms with Gasteiger partial charge in [-0.2, -0.15) is 17.6 Å². The van der Waals surface area contributed by atoms with Crippen LogP contribution < -0.4 is 0 Å². The molecular weight excluding hydrogens is 427 g/mol. The lowest BCUT2D eigenvalue weighted by Crippen LogP contribution is -2.34. The van der Waals surface area contributed by atoms with Crippen LogP contribution in [0.25, 0.3) is 0 Å². The fraction of sp³-hybridized carbons (Fsp3) is 1.00. The zero-order valence-corrected chi connectivity index (χ0v) is 14.1. The molecule has 0 aliphatic heterocycles. The third kappa shape index (κ3) is 8.93. The van der Waals surface area contributed by atoms with E-state index < -0.39 is 17.2 Å². The van der Waals surface area contributed by atoms with E-state index in [-0.39, 0.29) is 6.42 Å². The predicted molar refractivity (Wildman–Crippen MR) is 79.3 cm³/mol. The summed E-state index contributed by atoms with van der Waals surface area (Å²) in [7, 11) is 0. The Morgan fingerprint density at radius 3 is 1.50 bits per heavy atom. The Morgan fingerprint density at radius 1 is 0.722 bits per heavy atom. The molecule has 0 aliphatic rings. The molecule has 0 aromatic carbocycles. The van der Waals surface area contributed by atoms with Crippen LogP contribution >= 0.6 is 38.5 Å². The molecule has 0 N–H and O–H groups in total. The van der Waals surface area contributed by atoms with Gasteiger partial charge in [0.15, 0.2) is 0 Å². The Hall–Kier alpha value is 0.930. The van der Waals surface area contributed by atoms with E-state index >= 15 is 0 Å². The molecule has 0 aliphatic carbocycles. The van der Waals surface area contributed by atoms with E-state index in [4.69, 9.17) is 0 Å². The third-order valence-corrected chi connectivity index (χ3v) is 4.13. The Kier molecular flexibility index (Phi) is 10.3. The van der Waals surface area contributed by atoms with Crippen LogP contribution in [-0.2, 0) is 0 Å². The second-order valence-electron chi connectivity index (χ2n) is 4.47. The van der Waals surface area contributed by atoms with Gasteiger partial charge in [-0.1, -0.05) is 61.1 Å². The summed E-state index contributed by atoms with van der Waals surface area (Å²) in [6.07, 6.45) is 6.61. The summed E-state index contributed by atoms with van der Waals surface area (Å²) in [6.45, 7) is 0. The highest BCUT2D eigenvalue weighted by atomic mass is 127. The van der Waals surface area contributed by atoms with Gasteiger partial charge in [-0.25, -0.2) is 0 Å². The molecule has 0 saturated heterocycles. The minimum absolute atomic E-state index is 0.155. The summed E-state index contributed by atoms with van der Waals surface area (Å²) in [6, 6.07) is 0. The van der Waals surface area contributed by atoms with Crippen molar-refractivity contribution >= 4 is 38.5 Å². The normalized spacial score (nSPS) is 13.0. The zero-order valence-electron chi connectivity index (χ0n) is 10.3. The van der Waals surface area contributed by atoms with Crippen LogP contribution in [0.1, 0.15) is 57.8 Å². The largest absolute Gasteiger partial charge is 0.363 e. The number of halogens is 6. The summed E-state index contributed by atoms with van der Waals surface area (Å²) in [5.41, 5.74) is 0. The first-order valence-corrected chi connectivity index (χ1v) is 8.63. The standard InChI is InChI=1S/C12H20BrF4I/c13-12(16,17)11(14,15)9-7-5-3-1-2-4-6-8-10-18/h1-10H2. The third-order valence-electron chi connectivity index (χ3n) is 2.79. The van der Waals surface area contributed by atoms with E-state index in [9.17, 15) is 17.6 Å². The van der Waals surface area contributed by atoms with Crippen molar-refractivity contribution in [2.24, 2.45) is 0 Å². The topological polar surface area (TPSA) is 0 Å². The maximum absolute atomic E-state index is 12.8. The lowest BCUT2D eigenvalue weighted by Gasteiger charge is -2.21. The van der Waals surface area contributed by atoms with Gasteiger partial charge in [0.1, 0.15) is 0 Å². The summed E-state index contributed by atoms with van der Waals surface area (Å²) < 4.78 is 51.7. The maximum Gasteiger partial charge on any atom is 0.363 e. The van der Waals surface area contributed by atoms with Crippen molar-refractivity contribution in [1.29, 1.82) is 0 Å². The van der Waals surface area contributed by atoms with Crippen molar-refractivity contribution in [3.8, 4) is 0 Å². The molecule has 0 amide bonds. The molecular formula is C12H20BrF4I. The molecule has 110 valence electrons. The molecule has 0 aromatic rings. The van der Waals surface area contributed by atoms with E-state index in [0.29, 0.717) is 6.42 Å². The fourth-order valence-electron chi connectivity index (χ4n) is 1.64. The van der Waals surface area contributed by atoms with Crippen LogP contribution in [0.5, 0.6) is 0 Å². The predicted octanol–water partition coefficient (Wildman–Crippen LogP) is 6.56. The summed E-state index contributed by atoms with van der Waals surface area (Å²) in [5.74, 6) is -3.94. The molecule has 0 saturated carbocycles. The lowest BCUT2D eigenvalue weighted by atomic mass is 10.1. The molecule has 0 rings (SSSR count). The summed E-state index contributed by atoms with van der Waals surface area (Å²) in [5, 5.41) is 0. The molecule has 0 atom stereocenters. The minimum Gasteiger partial charge on any atom is -0.199 e. The number of hydrogen-bond acceptors (Lipinski definition) is 0. The monoisotopic (exact) mass is 446 g/mol. The van der Waals surface area contributed by atoms with E-state index in [1.54, 1.807) is 15.9 Å². The van der Waals surface area contributed by atoms with Gasteiger partial charge in [-0.3, -0.25) is 0 Å². The van der Waals surface area contributed by atoms with Crippen molar-refractivity contribution in [1.82, 2.24) is 0 Å². The van der Waals surface area contributed by atoms with Crippen molar-refractivity contribution in [3.05, 3.63) is 0 Å². The maximum atomic E-state index is 12.8. The van der Waals surface area contributed by atoms with Gasteiger partial charge in [-0.05, 0) is 33.2 Å². The highest BCUT2D eigenvalue weighted by Gasteiger charge is 2.53. The molecule has 0 aromatic heterocycles. The molecule has 0 spiro atoms. The Balaban J connectivity index is 3.41. The highest BCUT2D eigenvalue weighted by Crippen LogP contribution is 2.42.